The number of unbranched alkanes of at least 4 members (excludes halogenated alkanes) is 1. The van der Waals surface area contributed by atoms with Gasteiger partial charge < -0.3 is 4.74 Å². The number of ether oxygens (including phenoxy) is 1. The van der Waals surface area contributed by atoms with Gasteiger partial charge in [-0.1, -0.05) is 33.1 Å². The lowest BCUT2D eigenvalue weighted by atomic mass is 10.0. The summed E-state index contributed by atoms with van der Waals surface area (Å²) in [7, 11) is 0. The zero-order valence-corrected chi connectivity index (χ0v) is 8.41. The van der Waals surface area contributed by atoms with E-state index in [-0.39, 0.29) is 6.29 Å². The monoisotopic (exact) mass is 186 g/mol. The summed E-state index contributed by atoms with van der Waals surface area (Å²) in [4.78, 5) is 20.5. The standard InChI is InChI=1S/C10H18O3/c1-3-5-6-9(4-2)8-13-10(12)7-11/h7,9H,3-6,8H2,1-2H3. The van der Waals surface area contributed by atoms with Crippen LogP contribution in [0, 0.1) is 5.92 Å². The van der Waals surface area contributed by atoms with Crippen LogP contribution in [0.2, 0.25) is 0 Å². The Morgan fingerprint density at radius 1 is 1.46 bits per heavy atom. The molecule has 3 nitrogen and oxygen atoms in total. The van der Waals surface area contributed by atoms with Crippen molar-refractivity contribution in [1.82, 2.24) is 0 Å². The average molecular weight is 186 g/mol. The minimum atomic E-state index is -0.755. The summed E-state index contributed by atoms with van der Waals surface area (Å²) in [6.07, 6.45) is 4.58. The van der Waals surface area contributed by atoms with Gasteiger partial charge in [0.25, 0.3) is 0 Å². The van der Waals surface area contributed by atoms with Crippen LogP contribution in [-0.4, -0.2) is 18.9 Å². The highest BCUT2D eigenvalue weighted by atomic mass is 16.5. The van der Waals surface area contributed by atoms with E-state index >= 15 is 0 Å². The van der Waals surface area contributed by atoms with Gasteiger partial charge in [0.2, 0.25) is 6.29 Å². The zero-order chi connectivity index (χ0) is 10.1. The zero-order valence-electron chi connectivity index (χ0n) is 8.41. The molecule has 0 aliphatic rings. The van der Waals surface area contributed by atoms with E-state index in [1.807, 2.05) is 0 Å². The molecule has 76 valence electrons. The lowest BCUT2D eigenvalue weighted by Gasteiger charge is -2.12. The van der Waals surface area contributed by atoms with Crippen LogP contribution in [0.4, 0.5) is 0 Å². The highest BCUT2D eigenvalue weighted by Gasteiger charge is 2.08. The predicted molar refractivity (Wildman–Crippen MR) is 50.3 cm³/mol. The van der Waals surface area contributed by atoms with Gasteiger partial charge in [-0.15, -0.1) is 0 Å². The van der Waals surface area contributed by atoms with Gasteiger partial charge in [0.15, 0.2) is 0 Å². The first-order valence-corrected chi connectivity index (χ1v) is 4.86. The molecular weight excluding hydrogens is 168 g/mol. The van der Waals surface area contributed by atoms with Crippen molar-refractivity contribution in [1.29, 1.82) is 0 Å². The van der Waals surface area contributed by atoms with Gasteiger partial charge in [-0.3, -0.25) is 4.79 Å². The SMILES string of the molecule is CCCCC(CC)COC(=O)C=O. The quantitative estimate of drug-likeness (QED) is 0.347. The fourth-order valence-corrected chi connectivity index (χ4v) is 1.13. The van der Waals surface area contributed by atoms with Crippen LogP contribution in [0.15, 0.2) is 0 Å². The lowest BCUT2D eigenvalue weighted by Crippen LogP contribution is -2.14. The maximum atomic E-state index is 10.5. The minimum absolute atomic E-state index is 0.215. The van der Waals surface area contributed by atoms with Crippen molar-refractivity contribution < 1.29 is 14.3 Å². The van der Waals surface area contributed by atoms with Crippen molar-refractivity contribution in [3.8, 4) is 0 Å². The molecule has 1 unspecified atom stereocenters. The van der Waals surface area contributed by atoms with Crippen molar-refractivity contribution in [2.45, 2.75) is 39.5 Å². The molecule has 0 saturated carbocycles. The van der Waals surface area contributed by atoms with E-state index < -0.39 is 5.97 Å². The van der Waals surface area contributed by atoms with Crippen LogP contribution in [0.1, 0.15) is 39.5 Å². The largest absolute Gasteiger partial charge is 0.460 e. The van der Waals surface area contributed by atoms with Gasteiger partial charge in [-0.2, -0.15) is 0 Å². The third-order valence-electron chi connectivity index (χ3n) is 2.10. The van der Waals surface area contributed by atoms with Crippen LogP contribution in [0.3, 0.4) is 0 Å². The van der Waals surface area contributed by atoms with Gasteiger partial charge in [-0.05, 0) is 12.3 Å². The minimum Gasteiger partial charge on any atom is -0.460 e. The molecule has 0 rings (SSSR count). The fourth-order valence-electron chi connectivity index (χ4n) is 1.13. The number of esters is 1. The molecule has 3 heteroatoms. The smallest absolute Gasteiger partial charge is 0.371 e. The third kappa shape index (κ3) is 6.31. The lowest BCUT2D eigenvalue weighted by molar-refractivity contribution is -0.149. The average Bonchev–Trinajstić information content (AvgIpc) is 2.17. The number of carbonyl (C=O) groups is 2. The van der Waals surface area contributed by atoms with Gasteiger partial charge in [0.05, 0.1) is 6.61 Å². The van der Waals surface area contributed by atoms with E-state index in [1.165, 1.54) is 0 Å². The van der Waals surface area contributed by atoms with E-state index in [1.54, 1.807) is 0 Å². The van der Waals surface area contributed by atoms with Crippen LogP contribution in [-0.2, 0) is 14.3 Å². The molecule has 0 N–H and O–H groups in total. The molecule has 0 radical (unpaired) electrons. The molecular formula is C10H18O3. The molecule has 0 amide bonds. The summed E-state index contributed by atoms with van der Waals surface area (Å²) in [6.45, 7) is 4.58. The van der Waals surface area contributed by atoms with Crippen LogP contribution in [0.5, 0.6) is 0 Å². The predicted octanol–water partition coefficient (Wildman–Crippen LogP) is 1.94. The molecule has 0 spiro atoms. The molecule has 0 aromatic heterocycles. The van der Waals surface area contributed by atoms with Gasteiger partial charge in [0.1, 0.15) is 0 Å². The summed E-state index contributed by atoms with van der Waals surface area (Å²) in [5, 5.41) is 0. The second-order valence-electron chi connectivity index (χ2n) is 3.16. The van der Waals surface area contributed by atoms with Crippen molar-refractivity contribution in [2.24, 2.45) is 5.92 Å². The van der Waals surface area contributed by atoms with Crippen molar-refractivity contribution >= 4 is 12.3 Å². The Balaban J connectivity index is 3.58. The number of hydrogen-bond donors (Lipinski definition) is 0. The van der Waals surface area contributed by atoms with E-state index in [4.69, 9.17) is 4.74 Å². The Hall–Kier alpha value is -0.860. The molecule has 13 heavy (non-hydrogen) atoms. The highest BCUT2D eigenvalue weighted by molar-refractivity contribution is 6.20. The highest BCUT2D eigenvalue weighted by Crippen LogP contribution is 2.12. The summed E-state index contributed by atoms with van der Waals surface area (Å²) in [6, 6.07) is 0. The van der Waals surface area contributed by atoms with E-state index in [0.29, 0.717) is 12.5 Å². The van der Waals surface area contributed by atoms with E-state index in [9.17, 15) is 9.59 Å². The van der Waals surface area contributed by atoms with Crippen molar-refractivity contribution in [3.05, 3.63) is 0 Å². The Morgan fingerprint density at radius 3 is 2.62 bits per heavy atom. The Bertz CT molecular complexity index is 154. The molecule has 1 atom stereocenters. The van der Waals surface area contributed by atoms with E-state index in [2.05, 4.69) is 13.8 Å². The maximum Gasteiger partial charge on any atom is 0.371 e. The summed E-state index contributed by atoms with van der Waals surface area (Å²) in [5.41, 5.74) is 0. The number of hydrogen-bond acceptors (Lipinski definition) is 3. The Morgan fingerprint density at radius 2 is 2.15 bits per heavy atom. The molecule has 0 aliphatic carbocycles. The van der Waals surface area contributed by atoms with Crippen LogP contribution >= 0.6 is 0 Å². The van der Waals surface area contributed by atoms with E-state index in [0.717, 1.165) is 25.7 Å². The van der Waals surface area contributed by atoms with Crippen molar-refractivity contribution in [3.63, 3.8) is 0 Å². The number of carbonyl (C=O) groups excluding carboxylic acids is 2. The first kappa shape index (κ1) is 12.1. The molecule has 0 heterocycles. The van der Waals surface area contributed by atoms with Crippen molar-refractivity contribution in [2.75, 3.05) is 6.61 Å². The fraction of sp³-hybridized carbons (Fsp3) is 0.800. The van der Waals surface area contributed by atoms with Crippen LogP contribution < -0.4 is 0 Å². The summed E-state index contributed by atoms with van der Waals surface area (Å²) in [5.74, 6) is -0.348. The van der Waals surface area contributed by atoms with Crippen LogP contribution in [0.25, 0.3) is 0 Å². The summed E-state index contributed by atoms with van der Waals surface area (Å²) >= 11 is 0. The number of rotatable bonds is 7. The Kier molecular flexibility index (Phi) is 7.26. The van der Waals surface area contributed by atoms with Gasteiger partial charge >= 0.3 is 5.97 Å². The molecule has 0 bridgehead atoms. The maximum absolute atomic E-state index is 10.5. The van der Waals surface area contributed by atoms with Gasteiger partial charge in [0, 0.05) is 0 Å². The normalized spacial score (nSPS) is 12.2. The Labute approximate surface area is 79.5 Å². The molecule has 0 aromatic rings. The number of aldehydes is 1. The molecule has 0 saturated heterocycles. The van der Waals surface area contributed by atoms with Gasteiger partial charge in [-0.25, -0.2) is 4.79 Å². The molecule has 0 fully saturated rings. The first-order valence-electron chi connectivity index (χ1n) is 4.86. The first-order chi connectivity index (χ1) is 6.24. The topological polar surface area (TPSA) is 43.4 Å². The second-order valence-corrected chi connectivity index (χ2v) is 3.16. The summed E-state index contributed by atoms with van der Waals surface area (Å²) < 4.78 is 4.73. The second kappa shape index (κ2) is 7.77. The molecule has 0 aliphatic heterocycles. The third-order valence-corrected chi connectivity index (χ3v) is 2.10. The molecule has 0 aromatic carbocycles.